The average Bonchev–Trinajstić information content (AvgIpc) is 2.79. The number of aliphatic hydroxyl groups is 2. The van der Waals surface area contributed by atoms with Crippen molar-refractivity contribution in [2.75, 3.05) is 43.9 Å². The number of aromatic hydroxyl groups is 1. The van der Waals surface area contributed by atoms with Gasteiger partial charge >= 0.3 is 0 Å². The molecule has 0 saturated carbocycles. The Morgan fingerprint density at radius 2 is 1.79 bits per heavy atom. The third kappa shape index (κ3) is 11.3. The van der Waals surface area contributed by atoms with Crippen LogP contribution in [0.4, 0.5) is 5.69 Å². The Labute approximate surface area is 201 Å². The van der Waals surface area contributed by atoms with E-state index in [1.807, 2.05) is 6.07 Å². The van der Waals surface area contributed by atoms with Gasteiger partial charge in [-0.3, -0.25) is 4.72 Å². The van der Waals surface area contributed by atoms with Crippen LogP contribution in [-0.4, -0.2) is 62.9 Å². The molecule has 9 nitrogen and oxygen atoms in total. The molecule has 0 radical (unpaired) electrons. The maximum atomic E-state index is 11.3. The van der Waals surface area contributed by atoms with Gasteiger partial charge in [-0.2, -0.15) is 0 Å². The van der Waals surface area contributed by atoms with E-state index in [4.69, 9.17) is 9.47 Å². The van der Waals surface area contributed by atoms with Gasteiger partial charge in [0.05, 0.1) is 38.8 Å². The number of anilines is 1. The van der Waals surface area contributed by atoms with Crippen LogP contribution in [-0.2, 0) is 32.7 Å². The zero-order chi connectivity index (χ0) is 24.8. The molecule has 0 spiro atoms. The fourth-order valence-corrected chi connectivity index (χ4v) is 3.83. The molecule has 1 atom stereocenters. The van der Waals surface area contributed by atoms with Gasteiger partial charge in [0.2, 0.25) is 10.0 Å². The lowest BCUT2D eigenvalue weighted by Gasteiger charge is -2.14. The highest BCUT2D eigenvalue weighted by molar-refractivity contribution is 7.92. The lowest BCUT2D eigenvalue weighted by Crippen LogP contribution is -2.22. The van der Waals surface area contributed by atoms with Crippen molar-refractivity contribution in [2.24, 2.45) is 0 Å². The Hall–Kier alpha value is -2.21. The molecule has 190 valence electrons. The van der Waals surface area contributed by atoms with Crippen LogP contribution in [0.25, 0.3) is 0 Å². The van der Waals surface area contributed by atoms with E-state index in [-0.39, 0.29) is 12.4 Å². The quantitative estimate of drug-likeness (QED) is 0.210. The Kier molecular flexibility index (Phi) is 12.3. The molecule has 34 heavy (non-hydrogen) atoms. The van der Waals surface area contributed by atoms with Gasteiger partial charge in [0.1, 0.15) is 5.75 Å². The van der Waals surface area contributed by atoms with Gasteiger partial charge in [0.25, 0.3) is 0 Å². The molecular formula is C24H36N2O7S. The van der Waals surface area contributed by atoms with E-state index >= 15 is 0 Å². The van der Waals surface area contributed by atoms with Crippen molar-refractivity contribution < 1.29 is 33.2 Å². The van der Waals surface area contributed by atoms with Crippen LogP contribution < -0.4 is 10.0 Å². The van der Waals surface area contributed by atoms with E-state index in [1.54, 1.807) is 30.3 Å². The largest absolute Gasteiger partial charge is 0.508 e. The molecule has 0 aliphatic heterocycles. The topological polar surface area (TPSA) is 137 Å². The number of unbranched alkanes of at least 4 members (excludes halogenated alkanes) is 2. The van der Waals surface area contributed by atoms with Crippen molar-refractivity contribution in [1.29, 1.82) is 0 Å². The molecule has 0 aliphatic carbocycles. The molecular weight excluding hydrogens is 460 g/mol. The van der Waals surface area contributed by atoms with E-state index in [2.05, 4.69) is 10.0 Å². The summed E-state index contributed by atoms with van der Waals surface area (Å²) < 4.78 is 36.2. The first-order chi connectivity index (χ1) is 16.3. The number of ether oxygens (including phenoxy) is 2. The highest BCUT2D eigenvalue weighted by Gasteiger charge is 2.10. The SMILES string of the molecule is CS(=O)(=O)Nc1cccc(COCCOCCCCCNC[C@@H](O)c2ccc(O)c(CO)c2)c1. The Morgan fingerprint density at radius 3 is 2.56 bits per heavy atom. The molecule has 2 rings (SSSR count). The molecule has 0 fully saturated rings. The molecule has 0 aromatic heterocycles. The summed E-state index contributed by atoms with van der Waals surface area (Å²) in [6, 6.07) is 11.8. The zero-order valence-electron chi connectivity index (χ0n) is 19.6. The van der Waals surface area contributed by atoms with Crippen LogP contribution in [0.2, 0.25) is 0 Å². The molecule has 5 N–H and O–H groups in total. The van der Waals surface area contributed by atoms with Crippen LogP contribution >= 0.6 is 0 Å². The van der Waals surface area contributed by atoms with Gasteiger partial charge in [0, 0.05) is 24.4 Å². The molecule has 0 amide bonds. The number of hydrogen-bond donors (Lipinski definition) is 5. The van der Waals surface area contributed by atoms with E-state index in [0.29, 0.717) is 49.8 Å². The number of nitrogens with one attached hydrogen (secondary N) is 2. The summed E-state index contributed by atoms with van der Waals surface area (Å²) >= 11 is 0. The molecule has 0 unspecified atom stereocenters. The summed E-state index contributed by atoms with van der Waals surface area (Å²) in [5, 5.41) is 32.2. The summed E-state index contributed by atoms with van der Waals surface area (Å²) in [4.78, 5) is 0. The molecule has 0 heterocycles. The summed E-state index contributed by atoms with van der Waals surface area (Å²) in [7, 11) is -3.30. The highest BCUT2D eigenvalue weighted by atomic mass is 32.2. The number of sulfonamides is 1. The monoisotopic (exact) mass is 496 g/mol. The Morgan fingerprint density at radius 1 is 1.00 bits per heavy atom. The van der Waals surface area contributed by atoms with E-state index in [9.17, 15) is 23.7 Å². The molecule has 0 saturated heterocycles. The highest BCUT2D eigenvalue weighted by Crippen LogP contribution is 2.22. The molecule has 2 aromatic rings. The maximum absolute atomic E-state index is 11.3. The van der Waals surface area contributed by atoms with Crippen molar-refractivity contribution in [3.63, 3.8) is 0 Å². The van der Waals surface area contributed by atoms with Crippen LogP contribution in [0.15, 0.2) is 42.5 Å². The first-order valence-corrected chi connectivity index (χ1v) is 13.2. The second-order valence-electron chi connectivity index (χ2n) is 8.07. The third-order valence-electron chi connectivity index (χ3n) is 5.01. The van der Waals surface area contributed by atoms with Gasteiger partial charge in [0.15, 0.2) is 0 Å². The first kappa shape index (κ1) is 28.0. The zero-order valence-corrected chi connectivity index (χ0v) is 20.4. The minimum atomic E-state index is -3.30. The molecule has 2 aromatic carbocycles. The lowest BCUT2D eigenvalue weighted by molar-refractivity contribution is 0.0393. The lowest BCUT2D eigenvalue weighted by atomic mass is 10.1. The number of phenols is 1. The van der Waals surface area contributed by atoms with Crippen molar-refractivity contribution >= 4 is 15.7 Å². The smallest absolute Gasteiger partial charge is 0.229 e. The van der Waals surface area contributed by atoms with Crippen molar-refractivity contribution in [3.05, 3.63) is 59.2 Å². The Balaban J connectivity index is 1.46. The minimum absolute atomic E-state index is 0.0226. The van der Waals surface area contributed by atoms with Crippen LogP contribution in [0.1, 0.15) is 42.1 Å². The maximum Gasteiger partial charge on any atom is 0.229 e. The standard InChI is InChI=1S/C24H36N2O7S/c1-34(30,31)26-22-7-5-6-19(14-22)18-33-13-12-32-11-4-2-3-10-25-16-24(29)20-8-9-23(28)21(15-20)17-27/h5-9,14-15,24-29H,2-4,10-13,16-18H2,1H3/t24-/m1/s1. The number of rotatable bonds is 17. The van der Waals surface area contributed by atoms with Gasteiger partial charge in [-0.05, 0) is 61.2 Å². The first-order valence-electron chi connectivity index (χ1n) is 11.3. The van der Waals surface area contributed by atoms with E-state index in [1.165, 1.54) is 6.07 Å². The molecule has 0 bridgehead atoms. The van der Waals surface area contributed by atoms with Gasteiger partial charge in [-0.1, -0.05) is 18.2 Å². The predicted molar refractivity (Wildman–Crippen MR) is 131 cm³/mol. The van der Waals surface area contributed by atoms with Gasteiger partial charge in [-0.25, -0.2) is 8.42 Å². The molecule has 10 heteroatoms. The van der Waals surface area contributed by atoms with Gasteiger partial charge in [-0.15, -0.1) is 0 Å². The summed E-state index contributed by atoms with van der Waals surface area (Å²) in [6.07, 6.45) is 3.30. The fraction of sp³-hybridized carbons (Fsp3) is 0.500. The number of benzene rings is 2. The molecule has 0 aliphatic rings. The summed E-state index contributed by atoms with van der Waals surface area (Å²) in [5.41, 5.74) is 2.45. The van der Waals surface area contributed by atoms with Gasteiger partial charge < -0.3 is 30.1 Å². The average molecular weight is 497 g/mol. The van der Waals surface area contributed by atoms with E-state index < -0.39 is 16.1 Å². The number of aliphatic hydroxyl groups excluding tert-OH is 2. The summed E-state index contributed by atoms with van der Waals surface area (Å²) in [5.74, 6) is 0.0226. The second kappa shape index (κ2) is 14.9. The van der Waals surface area contributed by atoms with Crippen LogP contribution in [0.5, 0.6) is 5.75 Å². The second-order valence-corrected chi connectivity index (χ2v) is 9.81. The van der Waals surface area contributed by atoms with Crippen LogP contribution in [0, 0.1) is 0 Å². The summed E-state index contributed by atoms with van der Waals surface area (Å²) in [6.45, 7) is 2.89. The minimum Gasteiger partial charge on any atom is -0.508 e. The number of hydrogen-bond acceptors (Lipinski definition) is 8. The van der Waals surface area contributed by atoms with Crippen molar-refractivity contribution in [2.45, 2.75) is 38.6 Å². The predicted octanol–water partition coefficient (Wildman–Crippen LogP) is 2.28. The fourth-order valence-electron chi connectivity index (χ4n) is 3.28. The van der Waals surface area contributed by atoms with Crippen molar-refractivity contribution in [3.8, 4) is 5.75 Å². The Bertz CT molecular complexity index is 970. The van der Waals surface area contributed by atoms with E-state index in [0.717, 1.165) is 37.6 Å². The van der Waals surface area contributed by atoms with Crippen LogP contribution in [0.3, 0.4) is 0 Å². The third-order valence-corrected chi connectivity index (χ3v) is 5.62. The normalized spacial score (nSPS) is 12.6. The van der Waals surface area contributed by atoms with Crippen molar-refractivity contribution in [1.82, 2.24) is 5.32 Å².